The highest BCUT2D eigenvalue weighted by atomic mass is 32.2. The van der Waals surface area contributed by atoms with E-state index in [0.717, 1.165) is 0 Å². The van der Waals surface area contributed by atoms with E-state index >= 15 is 0 Å². The lowest BCUT2D eigenvalue weighted by Gasteiger charge is -2.23. The van der Waals surface area contributed by atoms with Crippen molar-refractivity contribution in [1.29, 1.82) is 0 Å². The van der Waals surface area contributed by atoms with Crippen molar-refractivity contribution in [3.05, 3.63) is 94.0 Å². The number of H-pyrrole nitrogens is 1. The number of nitrogens with one attached hydrogen (secondary N) is 1. The summed E-state index contributed by atoms with van der Waals surface area (Å²) in [5.74, 6) is 0.468. The van der Waals surface area contributed by atoms with E-state index in [4.69, 9.17) is 14.2 Å². The number of aromatic nitrogens is 2. The average molecular weight is 536 g/mol. The fourth-order valence-electron chi connectivity index (χ4n) is 4.16. The van der Waals surface area contributed by atoms with E-state index in [0.29, 0.717) is 41.2 Å². The summed E-state index contributed by atoms with van der Waals surface area (Å²) >= 11 is 0. The van der Waals surface area contributed by atoms with Crippen LogP contribution in [0.25, 0.3) is 10.9 Å². The third kappa shape index (κ3) is 5.24. The van der Waals surface area contributed by atoms with E-state index in [9.17, 15) is 18.0 Å². The first kappa shape index (κ1) is 25.4. The summed E-state index contributed by atoms with van der Waals surface area (Å²) in [5, 5.41) is 0.673. The maximum atomic E-state index is 13.8. The Bertz CT molecular complexity index is 1650. The Morgan fingerprint density at radius 2 is 1.84 bits per heavy atom. The van der Waals surface area contributed by atoms with Crippen molar-refractivity contribution in [2.24, 2.45) is 0 Å². The van der Waals surface area contributed by atoms with Gasteiger partial charge in [0.05, 0.1) is 22.6 Å². The van der Waals surface area contributed by atoms with Gasteiger partial charge in [-0.3, -0.25) is 9.78 Å². The van der Waals surface area contributed by atoms with Crippen LogP contribution in [0.1, 0.15) is 28.4 Å². The number of fused-ring (bicyclic) bond motifs is 2. The van der Waals surface area contributed by atoms with Crippen molar-refractivity contribution in [3.8, 4) is 11.5 Å². The number of rotatable bonds is 8. The number of ether oxygens (including phenoxy) is 3. The molecule has 196 valence electrons. The van der Waals surface area contributed by atoms with Crippen LogP contribution in [-0.2, 0) is 27.8 Å². The Labute approximate surface area is 218 Å². The van der Waals surface area contributed by atoms with Gasteiger partial charge in [-0.2, -0.15) is 4.31 Å². The minimum Gasteiger partial charge on any atom is -0.486 e. The van der Waals surface area contributed by atoms with E-state index in [2.05, 4.69) is 9.97 Å². The molecule has 0 saturated heterocycles. The van der Waals surface area contributed by atoms with Gasteiger partial charge in [0.15, 0.2) is 11.5 Å². The molecule has 0 bridgehead atoms. The molecule has 1 aliphatic rings. The molecule has 0 spiro atoms. The van der Waals surface area contributed by atoms with Gasteiger partial charge in [0.25, 0.3) is 5.56 Å². The molecule has 0 amide bonds. The topological polar surface area (TPSA) is 128 Å². The number of aromatic amines is 1. The van der Waals surface area contributed by atoms with Crippen LogP contribution in [0.2, 0.25) is 0 Å². The van der Waals surface area contributed by atoms with Gasteiger partial charge in [0.1, 0.15) is 13.2 Å². The molecule has 0 saturated carbocycles. The van der Waals surface area contributed by atoms with Gasteiger partial charge in [-0.1, -0.05) is 12.1 Å². The molecule has 2 aromatic heterocycles. The Kier molecular flexibility index (Phi) is 7.12. The quantitative estimate of drug-likeness (QED) is 0.341. The standard InChI is InChI=1S/C27H25N3O7S/c1-2-35-27(32)19-6-3-7-22(12-19)38(33,34)30(16-18-5-4-8-28-15-18)17-21-11-20-13-24-25(37-10-9-36-24)14-23(20)29-26(21)31/h3-8,11-15H,2,9-10,16-17H2,1H3,(H,29,31). The zero-order valence-electron chi connectivity index (χ0n) is 20.5. The monoisotopic (exact) mass is 535 g/mol. The number of carbonyl (C=O) groups is 1. The largest absolute Gasteiger partial charge is 0.486 e. The molecule has 10 nitrogen and oxygen atoms in total. The maximum absolute atomic E-state index is 13.8. The fraction of sp³-hybridized carbons (Fsp3) is 0.222. The summed E-state index contributed by atoms with van der Waals surface area (Å²) in [6, 6.07) is 14.2. The number of esters is 1. The molecule has 38 heavy (non-hydrogen) atoms. The second-order valence-corrected chi connectivity index (χ2v) is 10.5. The van der Waals surface area contributed by atoms with Gasteiger partial charge >= 0.3 is 5.97 Å². The van der Waals surface area contributed by atoms with Crippen LogP contribution >= 0.6 is 0 Å². The smallest absolute Gasteiger partial charge is 0.338 e. The number of sulfonamides is 1. The number of hydrogen-bond acceptors (Lipinski definition) is 8. The molecule has 1 aliphatic heterocycles. The number of benzene rings is 2. The van der Waals surface area contributed by atoms with Crippen molar-refractivity contribution < 1.29 is 27.4 Å². The van der Waals surface area contributed by atoms with Gasteiger partial charge in [-0.05, 0) is 48.9 Å². The third-order valence-corrected chi connectivity index (χ3v) is 7.78. The summed E-state index contributed by atoms with van der Waals surface area (Å²) in [4.78, 5) is 32.1. The van der Waals surface area contributed by atoms with Crippen LogP contribution in [0.3, 0.4) is 0 Å². The van der Waals surface area contributed by atoms with Crippen molar-refractivity contribution in [2.75, 3.05) is 19.8 Å². The van der Waals surface area contributed by atoms with Crippen LogP contribution in [0.15, 0.2) is 76.7 Å². The van der Waals surface area contributed by atoms with Crippen LogP contribution < -0.4 is 15.0 Å². The zero-order chi connectivity index (χ0) is 26.7. The molecule has 11 heteroatoms. The van der Waals surface area contributed by atoms with Crippen LogP contribution in [0.5, 0.6) is 11.5 Å². The molecule has 4 aromatic rings. The van der Waals surface area contributed by atoms with Crippen molar-refractivity contribution in [3.63, 3.8) is 0 Å². The second-order valence-electron chi connectivity index (χ2n) is 8.59. The molecule has 0 fully saturated rings. The highest BCUT2D eigenvalue weighted by Gasteiger charge is 2.27. The van der Waals surface area contributed by atoms with Gasteiger partial charge in [-0.25, -0.2) is 13.2 Å². The second kappa shape index (κ2) is 10.6. The first-order valence-electron chi connectivity index (χ1n) is 12.0. The summed E-state index contributed by atoms with van der Waals surface area (Å²) in [6.07, 6.45) is 3.15. The van der Waals surface area contributed by atoms with Gasteiger partial charge in [0.2, 0.25) is 10.0 Å². The highest BCUT2D eigenvalue weighted by Crippen LogP contribution is 2.34. The van der Waals surface area contributed by atoms with Crippen molar-refractivity contribution in [2.45, 2.75) is 24.9 Å². The molecule has 0 radical (unpaired) electrons. The summed E-state index contributed by atoms with van der Waals surface area (Å²) in [6.45, 7) is 2.40. The Morgan fingerprint density at radius 3 is 2.58 bits per heavy atom. The molecule has 1 N–H and O–H groups in total. The molecule has 3 heterocycles. The Morgan fingerprint density at radius 1 is 1.05 bits per heavy atom. The van der Waals surface area contributed by atoms with Crippen LogP contribution in [-0.4, -0.2) is 48.5 Å². The molecule has 0 unspecified atom stereocenters. The van der Waals surface area contributed by atoms with E-state index < -0.39 is 21.6 Å². The van der Waals surface area contributed by atoms with Crippen molar-refractivity contribution >= 4 is 26.9 Å². The Balaban J connectivity index is 1.55. The summed E-state index contributed by atoms with van der Waals surface area (Å²) in [7, 11) is -4.15. The van der Waals surface area contributed by atoms with E-state index in [-0.39, 0.29) is 35.7 Å². The minimum atomic E-state index is -4.15. The maximum Gasteiger partial charge on any atom is 0.338 e. The summed E-state index contributed by atoms with van der Waals surface area (Å²) < 4.78 is 45.1. The fourth-order valence-corrected chi connectivity index (χ4v) is 5.62. The predicted molar refractivity (Wildman–Crippen MR) is 139 cm³/mol. The minimum absolute atomic E-state index is 0.0432. The molecule has 2 aromatic carbocycles. The summed E-state index contributed by atoms with van der Waals surface area (Å²) in [5.41, 5.74) is 1.11. The average Bonchev–Trinajstić information content (AvgIpc) is 2.93. The zero-order valence-corrected chi connectivity index (χ0v) is 21.4. The lowest BCUT2D eigenvalue weighted by molar-refractivity contribution is 0.0526. The van der Waals surface area contributed by atoms with Gasteiger partial charge in [0, 0.05) is 42.5 Å². The molecular weight excluding hydrogens is 510 g/mol. The van der Waals surface area contributed by atoms with Crippen LogP contribution in [0.4, 0.5) is 0 Å². The number of hydrogen-bond donors (Lipinski definition) is 1. The predicted octanol–water partition coefficient (Wildman–Crippen LogP) is 3.26. The molecular formula is C27H25N3O7S. The van der Waals surface area contributed by atoms with Crippen LogP contribution in [0, 0.1) is 0 Å². The molecule has 0 aliphatic carbocycles. The number of carbonyl (C=O) groups excluding carboxylic acids is 1. The van der Waals surface area contributed by atoms with E-state index in [1.54, 1.807) is 49.6 Å². The van der Waals surface area contributed by atoms with E-state index in [1.807, 2.05) is 0 Å². The number of pyridine rings is 2. The lowest BCUT2D eigenvalue weighted by Crippen LogP contribution is -2.32. The third-order valence-electron chi connectivity index (χ3n) is 6.00. The van der Waals surface area contributed by atoms with Gasteiger partial charge in [-0.15, -0.1) is 0 Å². The SMILES string of the molecule is CCOC(=O)c1cccc(S(=O)(=O)N(Cc2cccnc2)Cc2cc3cc4c(cc3[nH]c2=O)OCCO4)c1. The first-order chi connectivity index (χ1) is 18.3. The van der Waals surface area contributed by atoms with Gasteiger partial charge < -0.3 is 19.2 Å². The molecule has 5 rings (SSSR count). The lowest BCUT2D eigenvalue weighted by atomic mass is 10.1. The van der Waals surface area contributed by atoms with E-state index in [1.165, 1.54) is 28.6 Å². The Hall–Kier alpha value is -4.22. The first-order valence-corrected chi connectivity index (χ1v) is 13.4. The number of nitrogens with zero attached hydrogens (tertiary/aromatic N) is 2. The molecule has 0 atom stereocenters. The normalized spacial score (nSPS) is 13.0. The highest BCUT2D eigenvalue weighted by molar-refractivity contribution is 7.89. The van der Waals surface area contributed by atoms with Crippen molar-refractivity contribution in [1.82, 2.24) is 14.3 Å².